The summed E-state index contributed by atoms with van der Waals surface area (Å²) in [6, 6.07) is 3.23. The Bertz CT molecular complexity index is 1360. The van der Waals surface area contributed by atoms with Crippen LogP contribution in [0.2, 0.25) is 0 Å². The van der Waals surface area contributed by atoms with Crippen LogP contribution in [0.4, 0.5) is 0 Å². The number of Topliss-reactive ketones (excluding diaryl/α,β-unsaturated/α-hetero) is 2. The number of carbonyl (C=O) groups is 3. The molecule has 232 valence electrons. The number of benzene rings is 1. The van der Waals surface area contributed by atoms with Crippen LogP contribution >= 0.6 is 0 Å². The Kier molecular flexibility index (Phi) is 12.6. The van der Waals surface area contributed by atoms with Crippen LogP contribution in [0, 0.1) is 23.7 Å². The van der Waals surface area contributed by atoms with Crippen LogP contribution in [-0.4, -0.2) is 70.9 Å². The van der Waals surface area contributed by atoms with Gasteiger partial charge < -0.3 is 28.4 Å². The largest absolute Gasteiger partial charge is 0.494 e. The SMILES string of the molecule is COC1=C(OC)C(=O)C(CCCCCOC(=O)c2cc(C#CC(C)(C)OC)c(OC)c(C#CC(C)(C)OC)c2)=C(C)C1=O. The molecule has 0 saturated heterocycles. The first-order chi connectivity index (χ1) is 20.2. The lowest BCUT2D eigenvalue weighted by Gasteiger charge is -2.20. The van der Waals surface area contributed by atoms with Gasteiger partial charge in [-0.1, -0.05) is 23.7 Å². The monoisotopic (exact) mass is 594 g/mol. The quantitative estimate of drug-likeness (QED) is 0.144. The number of hydrogen-bond acceptors (Lipinski definition) is 9. The topological polar surface area (TPSA) is 107 Å². The number of unbranched alkanes of at least 4 members (excludes halogenated alkanes) is 2. The average molecular weight is 595 g/mol. The molecule has 0 aromatic heterocycles. The zero-order valence-electron chi connectivity index (χ0n) is 26.9. The van der Waals surface area contributed by atoms with Crippen molar-refractivity contribution in [1.29, 1.82) is 0 Å². The fourth-order valence-corrected chi connectivity index (χ4v) is 4.01. The molecular weight excluding hydrogens is 552 g/mol. The minimum Gasteiger partial charge on any atom is -0.494 e. The number of allylic oxidation sites excluding steroid dienone is 2. The van der Waals surface area contributed by atoms with Gasteiger partial charge in [-0.25, -0.2) is 4.79 Å². The van der Waals surface area contributed by atoms with Crippen LogP contribution < -0.4 is 4.74 Å². The van der Waals surface area contributed by atoms with Crippen molar-refractivity contribution in [2.24, 2.45) is 0 Å². The lowest BCUT2D eigenvalue weighted by atomic mass is 9.89. The van der Waals surface area contributed by atoms with E-state index in [0.29, 0.717) is 53.7 Å². The van der Waals surface area contributed by atoms with Crippen LogP contribution in [0.3, 0.4) is 0 Å². The maximum absolute atomic E-state index is 13.1. The van der Waals surface area contributed by atoms with Crippen LogP contribution in [0.25, 0.3) is 0 Å². The molecule has 0 saturated carbocycles. The molecule has 0 amide bonds. The van der Waals surface area contributed by atoms with Crippen LogP contribution in [-0.2, 0) is 33.3 Å². The lowest BCUT2D eigenvalue weighted by Crippen LogP contribution is -2.25. The molecule has 0 heterocycles. The second-order valence-corrected chi connectivity index (χ2v) is 10.8. The van der Waals surface area contributed by atoms with Crippen molar-refractivity contribution in [3.8, 4) is 29.4 Å². The summed E-state index contributed by atoms with van der Waals surface area (Å²) in [5.74, 6) is 11.3. The molecule has 1 aliphatic rings. The van der Waals surface area contributed by atoms with E-state index in [0.717, 1.165) is 0 Å². The molecule has 9 nitrogen and oxygen atoms in total. The summed E-state index contributed by atoms with van der Waals surface area (Å²) >= 11 is 0. The van der Waals surface area contributed by atoms with Gasteiger partial charge in [-0.15, -0.1) is 0 Å². The summed E-state index contributed by atoms with van der Waals surface area (Å²) in [7, 11) is 7.32. The first-order valence-corrected chi connectivity index (χ1v) is 13.9. The Hall–Kier alpha value is -4.05. The summed E-state index contributed by atoms with van der Waals surface area (Å²) in [5, 5.41) is 0. The Morgan fingerprint density at radius 1 is 0.744 bits per heavy atom. The highest BCUT2D eigenvalue weighted by Crippen LogP contribution is 2.29. The fourth-order valence-electron chi connectivity index (χ4n) is 4.01. The number of methoxy groups -OCH3 is 5. The van der Waals surface area contributed by atoms with E-state index in [1.807, 2.05) is 27.7 Å². The van der Waals surface area contributed by atoms with Gasteiger partial charge in [0.05, 0.1) is 44.6 Å². The summed E-state index contributed by atoms with van der Waals surface area (Å²) in [4.78, 5) is 38.4. The molecule has 0 spiro atoms. The molecule has 0 fully saturated rings. The molecule has 0 aliphatic heterocycles. The standard InChI is InChI=1S/C34H42O9/c1-22-26(28(36)31(40-8)30(39-7)27(22)35)14-12-11-13-19-43-32(37)25-20-23(15-17-33(2,3)41-9)29(38-6)24(21-25)16-18-34(4,5)42-10/h20-21H,11-14,19H2,1-10H3. The minimum absolute atomic E-state index is 0.0766. The van der Waals surface area contributed by atoms with Gasteiger partial charge in [-0.05, 0) is 72.4 Å². The molecule has 9 heteroatoms. The number of hydrogen-bond donors (Lipinski definition) is 0. The van der Waals surface area contributed by atoms with E-state index in [-0.39, 0.29) is 35.3 Å². The van der Waals surface area contributed by atoms with Gasteiger partial charge in [-0.3, -0.25) is 9.59 Å². The van der Waals surface area contributed by atoms with E-state index < -0.39 is 17.2 Å². The molecule has 1 aliphatic carbocycles. The summed E-state index contributed by atoms with van der Waals surface area (Å²) in [6.45, 7) is 9.10. The lowest BCUT2D eigenvalue weighted by molar-refractivity contribution is -0.121. The highest BCUT2D eigenvalue weighted by Gasteiger charge is 2.34. The van der Waals surface area contributed by atoms with E-state index >= 15 is 0 Å². The zero-order chi connectivity index (χ0) is 32.4. The van der Waals surface area contributed by atoms with Gasteiger partial charge >= 0.3 is 5.97 Å². The smallest absolute Gasteiger partial charge is 0.338 e. The molecule has 0 unspecified atom stereocenters. The van der Waals surface area contributed by atoms with Crippen LogP contribution in [0.5, 0.6) is 5.75 Å². The van der Waals surface area contributed by atoms with Gasteiger partial charge in [0.15, 0.2) is 0 Å². The predicted molar refractivity (Wildman–Crippen MR) is 161 cm³/mol. The third-order valence-corrected chi connectivity index (χ3v) is 6.94. The normalized spacial score (nSPS) is 13.6. The van der Waals surface area contributed by atoms with E-state index in [4.69, 9.17) is 28.4 Å². The van der Waals surface area contributed by atoms with Crippen molar-refractivity contribution in [2.75, 3.05) is 42.2 Å². The third kappa shape index (κ3) is 9.22. The first-order valence-electron chi connectivity index (χ1n) is 13.9. The van der Waals surface area contributed by atoms with Crippen molar-refractivity contribution < 1.29 is 42.8 Å². The van der Waals surface area contributed by atoms with E-state index in [1.165, 1.54) is 21.3 Å². The Morgan fingerprint density at radius 3 is 1.72 bits per heavy atom. The van der Waals surface area contributed by atoms with Crippen molar-refractivity contribution in [3.63, 3.8) is 0 Å². The van der Waals surface area contributed by atoms with E-state index in [2.05, 4.69) is 23.7 Å². The van der Waals surface area contributed by atoms with Gasteiger partial charge in [0, 0.05) is 25.4 Å². The molecule has 0 bridgehead atoms. The zero-order valence-corrected chi connectivity index (χ0v) is 26.9. The number of carbonyl (C=O) groups excluding carboxylic acids is 3. The third-order valence-electron chi connectivity index (χ3n) is 6.94. The van der Waals surface area contributed by atoms with Crippen molar-refractivity contribution in [2.45, 2.75) is 71.5 Å². The minimum atomic E-state index is -0.719. The Labute approximate surface area is 254 Å². The van der Waals surface area contributed by atoms with Crippen LogP contribution in [0.15, 0.2) is 34.8 Å². The molecule has 0 radical (unpaired) electrons. The molecule has 1 aromatic rings. The number of esters is 1. The summed E-state index contributed by atoms with van der Waals surface area (Å²) in [5.41, 5.74) is 0.546. The Morgan fingerprint density at radius 2 is 1.26 bits per heavy atom. The Balaban J connectivity index is 2.16. The first kappa shape index (κ1) is 35.1. The average Bonchev–Trinajstić information content (AvgIpc) is 2.99. The molecule has 2 rings (SSSR count). The maximum atomic E-state index is 13.1. The van der Waals surface area contributed by atoms with Crippen molar-refractivity contribution in [1.82, 2.24) is 0 Å². The number of rotatable bonds is 12. The van der Waals surface area contributed by atoms with E-state index in [1.54, 1.807) is 33.3 Å². The fraction of sp³-hybridized carbons (Fsp3) is 0.500. The predicted octanol–water partition coefficient (Wildman–Crippen LogP) is 4.94. The molecule has 43 heavy (non-hydrogen) atoms. The van der Waals surface area contributed by atoms with Gasteiger partial charge in [0.1, 0.15) is 17.0 Å². The van der Waals surface area contributed by atoms with Crippen molar-refractivity contribution in [3.05, 3.63) is 51.5 Å². The van der Waals surface area contributed by atoms with Crippen LogP contribution in [0.1, 0.15) is 81.8 Å². The molecule has 0 atom stereocenters. The van der Waals surface area contributed by atoms with E-state index in [9.17, 15) is 14.4 Å². The van der Waals surface area contributed by atoms with Gasteiger partial charge in [0.2, 0.25) is 23.1 Å². The number of ether oxygens (including phenoxy) is 6. The maximum Gasteiger partial charge on any atom is 0.338 e. The second-order valence-electron chi connectivity index (χ2n) is 10.8. The summed E-state index contributed by atoms with van der Waals surface area (Å²) in [6.07, 6.45) is 2.25. The molecule has 0 N–H and O–H groups in total. The number of ketones is 2. The molecular formula is C34H42O9. The highest BCUT2D eigenvalue weighted by molar-refractivity contribution is 6.23. The summed E-state index contributed by atoms with van der Waals surface area (Å²) < 4.78 is 32.2. The highest BCUT2D eigenvalue weighted by atomic mass is 16.5. The van der Waals surface area contributed by atoms with Crippen molar-refractivity contribution >= 4 is 17.5 Å². The second kappa shape index (κ2) is 15.4. The molecule has 1 aromatic carbocycles. The van der Waals surface area contributed by atoms with Gasteiger partial charge in [-0.2, -0.15) is 0 Å². The van der Waals surface area contributed by atoms with Gasteiger partial charge in [0.25, 0.3) is 0 Å².